The van der Waals surface area contributed by atoms with Gasteiger partial charge in [-0.25, -0.2) is 13.2 Å². The molecule has 0 aromatic heterocycles. The van der Waals surface area contributed by atoms with Crippen molar-refractivity contribution >= 4 is 0 Å². The summed E-state index contributed by atoms with van der Waals surface area (Å²) in [5, 5.41) is 3.12. The van der Waals surface area contributed by atoms with Crippen LogP contribution in [0, 0.1) is 5.41 Å². The van der Waals surface area contributed by atoms with Gasteiger partial charge in [-0.05, 0) is 18.6 Å². The lowest BCUT2D eigenvalue weighted by Crippen LogP contribution is -2.51. The first-order chi connectivity index (χ1) is 7.41. The normalized spacial score (nSPS) is 38.2. The van der Waals surface area contributed by atoms with E-state index in [-0.39, 0.29) is 24.7 Å². The van der Waals surface area contributed by atoms with Crippen LogP contribution in [0.3, 0.4) is 0 Å². The first-order valence-corrected chi connectivity index (χ1v) is 5.57. The van der Waals surface area contributed by atoms with Gasteiger partial charge in [0.1, 0.15) is 5.83 Å². The molecule has 2 atom stereocenters. The van der Waals surface area contributed by atoms with Crippen molar-refractivity contribution in [1.82, 2.24) is 5.32 Å². The third kappa shape index (κ3) is 2.32. The van der Waals surface area contributed by atoms with Gasteiger partial charge in [0.05, 0.1) is 0 Å². The molecule has 1 unspecified atom stereocenters. The zero-order valence-electron chi connectivity index (χ0n) is 9.27. The lowest BCUT2D eigenvalue weighted by atomic mass is 9.73. The number of piperidine rings is 1. The molecular weight excluding hydrogens is 215 g/mol. The maximum atomic E-state index is 13.3. The minimum Gasteiger partial charge on any atom is -0.313 e. The van der Waals surface area contributed by atoms with Gasteiger partial charge in [-0.2, -0.15) is 0 Å². The monoisotopic (exact) mass is 231 g/mol. The molecule has 0 aromatic carbocycles. The van der Waals surface area contributed by atoms with Crippen LogP contribution >= 0.6 is 0 Å². The summed E-state index contributed by atoms with van der Waals surface area (Å²) in [5.41, 5.74) is -0.403. The van der Waals surface area contributed by atoms with Crippen LogP contribution in [0.2, 0.25) is 0 Å². The van der Waals surface area contributed by atoms with Crippen LogP contribution in [-0.4, -0.2) is 18.5 Å². The number of allylic oxidation sites excluding steroid dienone is 3. The van der Waals surface area contributed by atoms with Crippen LogP contribution in [0.5, 0.6) is 0 Å². The highest BCUT2D eigenvalue weighted by Crippen LogP contribution is 2.40. The third-order valence-corrected chi connectivity index (χ3v) is 3.54. The van der Waals surface area contributed by atoms with Crippen molar-refractivity contribution in [3.05, 3.63) is 24.1 Å². The van der Waals surface area contributed by atoms with Gasteiger partial charge in [0.15, 0.2) is 0 Å². The summed E-state index contributed by atoms with van der Waals surface area (Å²) >= 11 is 0. The van der Waals surface area contributed by atoms with Crippen LogP contribution in [0.1, 0.15) is 26.2 Å². The fraction of sp³-hybridized carbons (Fsp3) is 0.667. The van der Waals surface area contributed by atoms with Crippen molar-refractivity contribution < 1.29 is 13.2 Å². The van der Waals surface area contributed by atoms with Crippen LogP contribution in [0.15, 0.2) is 24.1 Å². The Morgan fingerprint density at radius 2 is 2.19 bits per heavy atom. The summed E-state index contributed by atoms with van der Waals surface area (Å²) < 4.78 is 39.5. The highest BCUT2D eigenvalue weighted by molar-refractivity contribution is 5.23. The van der Waals surface area contributed by atoms with Gasteiger partial charge in [-0.15, -0.1) is 0 Å². The minimum absolute atomic E-state index is 0.104. The summed E-state index contributed by atoms with van der Waals surface area (Å²) in [6.07, 6.45) is 4.76. The van der Waals surface area contributed by atoms with Gasteiger partial charge < -0.3 is 5.32 Å². The number of hydrogen-bond donors (Lipinski definition) is 1. The molecule has 90 valence electrons. The van der Waals surface area contributed by atoms with E-state index in [2.05, 4.69) is 5.32 Å². The van der Waals surface area contributed by atoms with Gasteiger partial charge in [-0.1, -0.05) is 13.0 Å². The van der Waals surface area contributed by atoms with E-state index in [0.29, 0.717) is 13.0 Å². The number of halogens is 3. The average Bonchev–Trinajstić information content (AvgIpc) is 2.21. The molecule has 1 heterocycles. The van der Waals surface area contributed by atoms with E-state index in [1.807, 2.05) is 6.92 Å². The third-order valence-electron chi connectivity index (χ3n) is 3.54. The Hall–Kier alpha value is -0.770. The van der Waals surface area contributed by atoms with Crippen molar-refractivity contribution in [3.63, 3.8) is 0 Å². The molecule has 1 fully saturated rings. The Kier molecular flexibility index (Phi) is 2.86. The van der Waals surface area contributed by atoms with Crippen molar-refractivity contribution in [2.24, 2.45) is 5.41 Å². The molecule has 1 N–H and O–H groups in total. The summed E-state index contributed by atoms with van der Waals surface area (Å²) in [6, 6.07) is -0.281. The molecule has 1 aliphatic carbocycles. The molecule has 2 aliphatic rings. The number of nitrogens with one attached hydrogen (secondary N) is 1. The molecule has 0 bridgehead atoms. The molecule has 0 spiro atoms. The van der Waals surface area contributed by atoms with Gasteiger partial charge in [0.25, 0.3) is 5.92 Å². The van der Waals surface area contributed by atoms with Gasteiger partial charge >= 0.3 is 0 Å². The summed E-state index contributed by atoms with van der Waals surface area (Å²) in [7, 11) is 0. The van der Waals surface area contributed by atoms with E-state index in [9.17, 15) is 13.2 Å². The SMILES string of the molecule is CC1([C@@H]2CC(F)(F)CCN2)C=CC(F)=CC1. The first kappa shape index (κ1) is 11.7. The Labute approximate surface area is 93.4 Å². The molecular formula is C12H16F3N. The molecule has 1 aliphatic heterocycles. The Bertz CT molecular complexity index is 335. The number of alkyl halides is 2. The number of rotatable bonds is 1. The van der Waals surface area contributed by atoms with Crippen LogP contribution < -0.4 is 5.32 Å². The van der Waals surface area contributed by atoms with E-state index >= 15 is 0 Å². The van der Waals surface area contributed by atoms with E-state index < -0.39 is 11.3 Å². The number of hydrogen-bond acceptors (Lipinski definition) is 1. The lowest BCUT2D eigenvalue weighted by molar-refractivity contribution is -0.0538. The highest BCUT2D eigenvalue weighted by atomic mass is 19.3. The summed E-state index contributed by atoms with van der Waals surface area (Å²) in [5.74, 6) is -2.87. The predicted octanol–water partition coefficient (Wildman–Crippen LogP) is 3.19. The molecule has 4 heteroatoms. The van der Waals surface area contributed by atoms with E-state index in [0.717, 1.165) is 0 Å². The molecule has 2 rings (SSSR count). The van der Waals surface area contributed by atoms with Crippen LogP contribution in [0.25, 0.3) is 0 Å². The van der Waals surface area contributed by atoms with Gasteiger partial charge in [0.2, 0.25) is 0 Å². The molecule has 1 saturated heterocycles. The molecule has 0 aromatic rings. The van der Waals surface area contributed by atoms with Crippen LogP contribution in [-0.2, 0) is 0 Å². The van der Waals surface area contributed by atoms with Crippen molar-refractivity contribution in [2.45, 2.75) is 38.2 Å². The van der Waals surface area contributed by atoms with E-state index in [4.69, 9.17) is 0 Å². The van der Waals surface area contributed by atoms with Gasteiger partial charge in [-0.3, -0.25) is 0 Å². The minimum atomic E-state index is -2.59. The fourth-order valence-corrected chi connectivity index (χ4v) is 2.35. The van der Waals surface area contributed by atoms with Gasteiger partial charge in [0, 0.05) is 30.8 Å². The Balaban J connectivity index is 2.10. The summed E-state index contributed by atoms with van der Waals surface area (Å²) in [4.78, 5) is 0. The van der Waals surface area contributed by atoms with Crippen molar-refractivity contribution in [1.29, 1.82) is 0 Å². The maximum absolute atomic E-state index is 13.3. The van der Waals surface area contributed by atoms with Crippen molar-refractivity contribution in [2.75, 3.05) is 6.54 Å². The second-order valence-corrected chi connectivity index (χ2v) is 4.95. The topological polar surface area (TPSA) is 12.0 Å². The molecule has 16 heavy (non-hydrogen) atoms. The molecule has 0 saturated carbocycles. The van der Waals surface area contributed by atoms with Crippen molar-refractivity contribution in [3.8, 4) is 0 Å². The molecule has 1 nitrogen and oxygen atoms in total. The lowest BCUT2D eigenvalue weighted by Gasteiger charge is -2.41. The first-order valence-electron chi connectivity index (χ1n) is 5.57. The Morgan fingerprint density at radius 1 is 1.44 bits per heavy atom. The Morgan fingerprint density at radius 3 is 2.75 bits per heavy atom. The fourth-order valence-electron chi connectivity index (χ4n) is 2.35. The highest BCUT2D eigenvalue weighted by Gasteiger charge is 2.43. The smallest absolute Gasteiger partial charge is 0.250 e. The summed E-state index contributed by atoms with van der Waals surface area (Å²) in [6.45, 7) is 2.22. The quantitative estimate of drug-likeness (QED) is 0.730. The predicted molar refractivity (Wildman–Crippen MR) is 57.0 cm³/mol. The second-order valence-electron chi connectivity index (χ2n) is 4.95. The average molecular weight is 231 g/mol. The molecule has 0 radical (unpaired) electrons. The zero-order chi connectivity index (χ0) is 11.8. The standard InChI is InChI=1S/C12H16F3N/c1-11(4-2-9(13)3-5-11)10-8-12(14,15)6-7-16-10/h2-4,10,16H,5-8H2,1H3/t10-,11?/m0/s1. The second kappa shape index (κ2) is 3.91. The maximum Gasteiger partial charge on any atom is 0.250 e. The van der Waals surface area contributed by atoms with E-state index in [1.54, 1.807) is 6.08 Å². The largest absolute Gasteiger partial charge is 0.313 e. The molecule has 0 amide bonds. The van der Waals surface area contributed by atoms with E-state index in [1.165, 1.54) is 12.2 Å². The van der Waals surface area contributed by atoms with Crippen LogP contribution in [0.4, 0.5) is 13.2 Å². The zero-order valence-corrected chi connectivity index (χ0v) is 9.27.